The van der Waals surface area contributed by atoms with Gasteiger partial charge in [0.2, 0.25) is 0 Å². The fourth-order valence-corrected chi connectivity index (χ4v) is 2.82. The number of benzene rings is 1. The van der Waals surface area contributed by atoms with Gasteiger partial charge in [0.15, 0.2) is 0 Å². The minimum absolute atomic E-state index is 0.446. The normalized spacial score (nSPS) is 19.5. The molecule has 2 unspecified atom stereocenters. The number of rotatable bonds is 6. The van der Waals surface area contributed by atoms with Gasteiger partial charge < -0.3 is 10.2 Å². The van der Waals surface area contributed by atoms with Crippen molar-refractivity contribution >= 4 is 0 Å². The van der Waals surface area contributed by atoms with Crippen molar-refractivity contribution in [3.05, 3.63) is 35.4 Å². The van der Waals surface area contributed by atoms with Crippen molar-refractivity contribution in [3.8, 4) is 0 Å². The summed E-state index contributed by atoms with van der Waals surface area (Å²) < 4.78 is 0. The Morgan fingerprint density at radius 3 is 2.37 bits per heavy atom. The maximum absolute atomic E-state index is 3.67. The van der Waals surface area contributed by atoms with E-state index < -0.39 is 0 Å². The summed E-state index contributed by atoms with van der Waals surface area (Å²) in [6, 6.07) is 9.31. The zero-order chi connectivity index (χ0) is 13.7. The van der Waals surface area contributed by atoms with Crippen LogP contribution in [0.2, 0.25) is 0 Å². The first-order valence-corrected chi connectivity index (χ1v) is 7.67. The fourth-order valence-electron chi connectivity index (χ4n) is 2.82. The van der Waals surface area contributed by atoms with E-state index in [0.717, 1.165) is 12.5 Å². The Morgan fingerprint density at radius 1 is 1.11 bits per heavy atom. The van der Waals surface area contributed by atoms with Gasteiger partial charge in [0.1, 0.15) is 0 Å². The smallest absolute Gasteiger partial charge is 0.0291 e. The number of aryl methyl sites for hydroxylation is 1. The summed E-state index contributed by atoms with van der Waals surface area (Å²) in [6.07, 6.45) is 2.78. The molecule has 0 saturated carbocycles. The number of hydrogen-bond donors (Lipinski definition) is 1. The van der Waals surface area contributed by atoms with Crippen molar-refractivity contribution in [1.29, 1.82) is 0 Å². The second-order valence-electron chi connectivity index (χ2n) is 6.15. The van der Waals surface area contributed by atoms with E-state index in [1.54, 1.807) is 0 Å². The lowest BCUT2D eigenvalue weighted by Crippen LogP contribution is -2.32. The van der Waals surface area contributed by atoms with Crippen LogP contribution in [0, 0.1) is 12.8 Å². The molecule has 1 saturated heterocycles. The third kappa shape index (κ3) is 4.63. The number of nitrogens with zero attached hydrogens (tertiary/aromatic N) is 1. The topological polar surface area (TPSA) is 15.3 Å². The van der Waals surface area contributed by atoms with E-state index in [-0.39, 0.29) is 0 Å². The highest BCUT2D eigenvalue weighted by atomic mass is 15.1. The SMILES string of the molecule is Cc1ccc(C(C)NCC(C)CN2CCCC2)cc1. The standard InChI is InChI=1S/C17H28N2/c1-14-6-8-17(9-7-14)16(3)18-12-15(2)13-19-10-4-5-11-19/h6-9,15-16,18H,4-5,10-13H2,1-3H3. The quantitative estimate of drug-likeness (QED) is 0.843. The van der Waals surface area contributed by atoms with E-state index in [4.69, 9.17) is 0 Å². The summed E-state index contributed by atoms with van der Waals surface area (Å²) in [4.78, 5) is 2.60. The molecule has 0 aromatic heterocycles. The first-order chi connectivity index (χ1) is 9.15. The molecule has 0 amide bonds. The van der Waals surface area contributed by atoms with Gasteiger partial charge in [-0.2, -0.15) is 0 Å². The van der Waals surface area contributed by atoms with Gasteiger partial charge >= 0.3 is 0 Å². The molecule has 2 atom stereocenters. The van der Waals surface area contributed by atoms with E-state index in [1.165, 1.54) is 43.6 Å². The Balaban J connectivity index is 1.73. The highest BCUT2D eigenvalue weighted by molar-refractivity contribution is 5.23. The summed E-state index contributed by atoms with van der Waals surface area (Å²) in [7, 11) is 0. The number of hydrogen-bond acceptors (Lipinski definition) is 2. The molecule has 1 heterocycles. The third-order valence-corrected chi connectivity index (χ3v) is 4.12. The molecule has 2 heteroatoms. The maximum atomic E-state index is 3.67. The minimum atomic E-state index is 0.446. The zero-order valence-corrected chi connectivity index (χ0v) is 12.7. The van der Waals surface area contributed by atoms with E-state index >= 15 is 0 Å². The van der Waals surface area contributed by atoms with Gasteiger partial charge in [-0.3, -0.25) is 0 Å². The molecule has 1 aliphatic heterocycles. The zero-order valence-electron chi connectivity index (χ0n) is 12.7. The molecule has 1 aliphatic rings. The summed E-state index contributed by atoms with van der Waals surface area (Å²) in [5.41, 5.74) is 2.72. The molecule has 2 nitrogen and oxygen atoms in total. The molecule has 106 valence electrons. The second kappa shape index (κ2) is 7.06. The molecular formula is C17H28N2. The van der Waals surface area contributed by atoms with E-state index in [9.17, 15) is 0 Å². The Morgan fingerprint density at radius 2 is 1.74 bits per heavy atom. The predicted octanol–water partition coefficient (Wildman–Crippen LogP) is 3.38. The van der Waals surface area contributed by atoms with Crippen molar-refractivity contribution in [2.75, 3.05) is 26.2 Å². The lowest BCUT2D eigenvalue weighted by atomic mass is 10.1. The van der Waals surface area contributed by atoms with Gasteiger partial charge in [-0.25, -0.2) is 0 Å². The molecule has 0 radical (unpaired) electrons. The van der Waals surface area contributed by atoms with Crippen molar-refractivity contribution < 1.29 is 0 Å². The van der Waals surface area contributed by atoms with Crippen LogP contribution < -0.4 is 5.32 Å². The Kier molecular flexibility index (Phi) is 5.41. The Bertz CT molecular complexity index is 365. The third-order valence-electron chi connectivity index (χ3n) is 4.12. The highest BCUT2D eigenvalue weighted by Gasteiger charge is 2.15. The van der Waals surface area contributed by atoms with Gasteiger partial charge in [0.25, 0.3) is 0 Å². The molecular weight excluding hydrogens is 232 g/mol. The van der Waals surface area contributed by atoms with Crippen LogP contribution in [0.4, 0.5) is 0 Å². The van der Waals surface area contributed by atoms with Crippen LogP contribution in [-0.4, -0.2) is 31.1 Å². The number of likely N-dealkylation sites (tertiary alicyclic amines) is 1. The average molecular weight is 260 g/mol. The summed E-state index contributed by atoms with van der Waals surface area (Å²) >= 11 is 0. The lowest BCUT2D eigenvalue weighted by Gasteiger charge is -2.22. The molecule has 0 spiro atoms. The molecule has 1 aromatic carbocycles. The molecule has 0 aliphatic carbocycles. The van der Waals surface area contributed by atoms with Gasteiger partial charge in [-0.05, 0) is 57.8 Å². The van der Waals surface area contributed by atoms with Crippen LogP contribution in [0.5, 0.6) is 0 Å². The van der Waals surface area contributed by atoms with Crippen LogP contribution in [0.25, 0.3) is 0 Å². The fraction of sp³-hybridized carbons (Fsp3) is 0.647. The maximum Gasteiger partial charge on any atom is 0.0291 e. The van der Waals surface area contributed by atoms with Crippen LogP contribution in [0.1, 0.15) is 43.9 Å². The van der Waals surface area contributed by atoms with Crippen molar-refractivity contribution in [2.24, 2.45) is 5.92 Å². The average Bonchev–Trinajstić information content (AvgIpc) is 2.89. The molecule has 0 bridgehead atoms. The van der Waals surface area contributed by atoms with Gasteiger partial charge in [0.05, 0.1) is 0 Å². The molecule has 1 N–H and O–H groups in total. The first kappa shape index (κ1) is 14.5. The van der Waals surface area contributed by atoms with Crippen molar-refractivity contribution in [1.82, 2.24) is 10.2 Å². The molecule has 19 heavy (non-hydrogen) atoms. The predicted molar refractivity (Wildman–Crippen MR) is 82.4 cm³/mol. The van der Waals surface area contributed by atoms with E-state index in [1.807, 2.05) is 0 Å². The van der Waals surface area contributed by atoms with Crippen LogP contribution in [0.15, 0.2) is 24.3 Å². The van der Waals surface area contributed by atoms with Crippen LogP contribution >= 0.6 is 0 Å². The molecule has 2 rings (SSSR count). The number of nitrogens with one attached hydrogen (secondary N) is 1. The van der Waals surface area contributed by atoms with Crippen molar-refractivity contribution in [2.45, 2.75) is 39.7 Å². The van der Waals surface area contributed by atoms with Gasteiger partial charge in [-0.1, -0.05) is 36.8 Å². The Labute approximate surface area is 118 Å². The van der Waals surface area contributed by atoms with Gasteiger partial charge in [-0.15, -0.1) is 0 Å². The second-order valence-corrected chi connectivity index (χ2v) is 6.15. The highest BCUT2D eigenvalue weighted by Crippen LogP contribution is 2.14. The molecule has 1 aromatic rings. The summed E-state index contributed by atoms with van der Waals surface area (Å²) in [5, 5.41) is 3.67. The summed E-state index contributed by atoms with van der Waals surface area (Å²) in [5.74, 6) is 0.728. The molecule has 1 fully saturated rings. The minimum Gasteiger partial charge on any atom is -0.310 e. The lowest BCUT2D eigenvalue weighted by molar-refractivity contribution is 0.279. The van der Waals surface area contributed by atoms with Gasteiger partial charge in [0, 0.05) is 12.6 Å². The first-order valence-electron chi connectivity index (χ1n) is 7.67. The van der Waals surface area contributed by atoms with Crippen LogP contribution in [0.3, 0.4) is 0 Å². The van der Waals surface area contributed by atoms with E-state index in [0.29, 0.717) is 6.04 Å². The van der Waals surface area contributed by atoms with E-state index in [2.05, 4.69) is 55.3 Å². The summed E-state index contributed by atoms with van der Waals surface area (Å²) in [6.45, 7) is 11.7. The Hall–Kier alpha value is -0.860. The monoisotopic (exact) mass is 260 g/mol. The van der Waals surface area contributed by atoms with Crippen LogP contribution in [-0.2, 0) is 0 Å². The van der Waals surface area contributed by atoms with Crippen molar-refractivity contribution in [3.63, 3.8) is 0 Å². The largest absolute Gasteiger partial charge is 0.310 e.